The smallest absolute Gasteiger partial charge is 0.150 e. The number of aliphatic hydroxyl groups excluding tert-OH is 1. The molecule has 3 N–H and O–H groups in total. The Kier molecular flexibility index (Phi) is 2.62. The number of aldehydes is 1. The average Bonchev–Trinajstić information content (AvgIpc) is 1.65. The van der Waals surface area contributed by atoms with E-state index in [0.717, 1.165) is 6.54 Å². The van der Waals surface area contributed by atoms with Gasteiger partial charge in [0.1, 0.15) is 12.4 Å². The largest absolute Gasteiger partial charge is 0.384 e. The average molecular weight is 88.1 g/mol. The molecular weight excluding hydrogens is 82.0 g/mol. The van der Waals surface area contributed by atoms with Crippen molar-refractivity contribution in [3.8, 4) is 0 Å². The van der Waals surface area contributed by atoms with Crippen LogP contribution in [0.4, 0.5) is 0 Å². The lowest BCUT2D eigenvalue weighted by Crippen LogP contribution is -2.13. The van der Waals surface area contributed by atoms with Crippen LogP contribution < -0.4 is 5.73 Å². The van der Waals surface area contributed by atoms with Crippen LogP contribution in [0.2, 0.25) is 0 Å². The quantitative estimate of drug-likeness (QED) is 0.411. The second-order valence-corrected chi connectivity index (χ2v) is 0.819. The van der Waals surface area contributed by atoms with Crippen molar-refractivity contribution in [2.75, 3.05) is 0 Å². The first-order valence-corrected chi connectivity index (χ1v) is 1.49. The third-order valence-electron chi connectivity index (χ3n) is 0.337. The molecule has 0 saturated carbocycles. The SMILES string of the molecule is N[CH]C(O)C=O. The van der Waals surface area contributed by atoms with Crippen molar-refractivity contribution in [2.45, 2.75) is 6.10 Å². The third kappa shape index (κ3) is 1.87. The number of hydrogen-bond acceptors (Lipinski definition) is 3. The van der Waals surface area contributed by atoms with E-state index in [1.807, 2.05) is 0 Å². The molecule has 0 fully saturated rings. The van der Waals surface area contributed by atoms with Gasteiger partial charge in [-0.2, -0.15) is 0 Å². The van der Waals surface area contributed by atoms with E-state index in [-0.39, 0.29) is 0 Å². The Morgan fingerprint density at radius 1 is 1.83 bits per heavy atom. The number of hydrogen-bond donors (Lipinski definition) is 2. The van der Waals surface area contributed by atoms with Crippen LogP contribution >= 0.6 is 0 Å². The van der Waals surface area contributed by atoms with Gasteiger partial charge in [-0.15, -0.1) is 0 Å². The maximum Gasteiger partial charge on any atom is 0.150 e. The van der Waals surface area contributed by atoms with Crippen molar-refractivity contribution >= 4 is 6.29 Å². The minimum atomic E-state index is -1.09. The van der Waals surface area contributed by atoms with Gasteiger partial charge in [-0.1, -0.05) is 0 Å². The third-order valence-corrected chi connectivity index (χ3v) is 0.337. The molecule has 0 aromatic heterocycles. The lowest BCUT2D eigenvalue weighted by atomic mass is 10.4. The minimum absolute atomic E-state index is 0.347. The van der Waals surface area contributed by atoms with Crippen LogP contribution in [-0.4, -0.2) is 17.5 Å². The van der Waals surface area contributed by atoms with E-state index in [1.165, 1.54) is 0 Å². The van der Waals surface area contributed by atoms with Gasteiger partial charge in [0.15, 0.2) is 0 Å². The van der Waals surface area contributed by atoms with E-state index >= 15 is 0 Å². The summed E-state index contributed by atoms with van der Waals surface area (Å²) in [5, 5.41) is 8.12. The molecule has 6 heavy (non-hydrogen) atoms. The zero-order valence-electron chi connectivity index (χ0n) is 3.16. The zero-order valence-corrected chi connectivity index (χ0v) is 3.16. The molecule has 0 spiro atoms. The molecule has 0 saturated heterocycles. The molecule has 35 valence electrons. The van der Waals surface area contributed by atoms with Gasteiger partial charge in [-0.3, -0.25) is 0 Å². The summed E-state index contributed by atoms with van der Waals surface area (Å²) < 4.78 is 0. The summed E-state index contributed by atoms with van der Waals surface area (Å²) in [6.45, 7) is 0.910. The Balaban J connectivity index is 2.96. The number of aliphatic hydroxyl groups is 1. The second-order valence-electron chi connectivity index (χ2n) is 0.819. The Morgan fingerprint density at radius 2 is 2.33 bits per heavy atom. The topological polar surface area (TPSA) is 63.3 Å². The highest BCUT2D eigenvalue weighted by atomic mass is 16.3. The summed E-state index contributed by atoms with van der Waals surface area (Å²) in [6.07, 6.45) is -0.745. The summed E-state index contributed by atoms with van der Waals surface area (Å²) in [7, 11) is 0. The Labute approximate surface area is 35.8 Å². The van der Waals surface area contributed by atoms with E-state index in [1.54, 1.807) is 0 Å². The van der Waals surface area contributed by atoms with Crippen LogP contribution in [0.3, 0.4) is 0 Å². The fourth-order valence-electron chi connectivity index (χ4n) is 0.0454. The van der Waals surface area contributed by atoms with Crippen LogP contribution in [0, 0.1) is 6.54 Å². The summed E-state index contributed by atoms with van der Waals surface area (Å²) in [4.78, 5) is 9.37. The molecule has 0 amide bonds. The highest BCUT2D eigenvalue weighted by Gasteiger charge is 1.92. The highest BCUT2D eigenvalue weighted by molar-refractivity contribution is 5.57. The Hall–Kier alpha value is -0.410. The van der Waals surface area contributed by atoms with E-state index in [9.17, 15) is 4.79 Å². The molecule has 3 nitrogen and oxygen atoms in total. The maximum atomic E-state index is 9.37. The standard InChI is InChI=1S/C3H6NO2/c4-1-3(6)2-5/h1-3,6H,4H2. The van der Waals surface area contributed by atoms with Gasteiger partial charge in [0.25, 0.3) is 0 Å². The second kappa shape index (κ2) is 2.81. The summed E-state index contributed by atoms with van der Waals surface area (Å²) in [6, 6.07) is 0. The maximum absolute atomic E-state index is 9.37. The van der Waals surface area contributed by atoms with Crippen molar-refractivity contribution in [3.63, 3.8) is 0 Å². The molecule has 3 heteroatoms. The lowest BCUT2D eigenvalue weighted by Gasteiger charge is -1.89. The number of rotatable bonds is 2. The predicted octanol–water partition coefficient (Wildman–Crippen LogP) is -1.33. The molecule has 0 heterocycles. The minimum Gasteiger partial charge on any atom is -0.384 e. The normalized spacial score (nSPS) is 13.7. The molecule has 0 aliphatic heterocycles. The van der Waals surface area contributed by atoms with Gasteiger partial charge in [0.2, 0.25) is 0 Å². The van der Waals surface area contributed by atoms with Crippen molar-refractivity contribution in [2.24, 2.45) is 5.73 Å². The van der Waals surface area contributed by atoms with E-state index in [4.69, 9.17) is 5.11 Å². The van der Waals surface area contributed by atoms with Gasteiger partial charge in [-0.05, 0) is 0 Å². The Morgan fingerprint density at radius 3 is 2.33 bits per heavy atom. The predicted molar refractivity (Wildman–Crippen MR) is 20.6 cm³/mol. The highest BCUT2D eigenvalue weighted by Crippen LogP contribution is 1.69. The number of carbonyl (C=O) groups is 1. The van der Waals surface area contributed by atoms with E-state index in [2.05, 4.69) is 5.73 Å². The van der Waals surface area contributed by atoms with Gasteiger partial charge < -0.3 is 15.6 Å². The summed E-state index contributed by atoms with van der Waals surface area (Å²) in [5.41, 5.74) is 4.68. The van der Waals surface area contributed by atoms with Crippen molar-refractivity contribution < 1.29 is 9.90 Å². The van der Waals surface area contributed by atoms with Crippen LogP contribution in [0.1, 0.15) is 0 Å². The van der Waals surface area contributed by atoms with Crippen LogP contribution in [0.15, 0.2) is 0 Å². The number of carbonyl (C=O) groups excluding carboxylic acids is 1. The molecule has 0 aliphatic rings. The van der Waals surface area contributed by atoms with Crippen molar-refractivity contribution in [1.82, 2.24) is 0 Å². The molecule has 0 aromatic carbocycles. The monoisotopic (exact) mass is 88.0 g/mol. The molecule has 0 rings (SSSR count). The lowest BCUT2D eigenvalue weighted by molar-refractivity contribution is -0.113. The molecule has 1 radical (unpaired) electrons. The molecule has 1 unspecified atom stereocenters. The van der Waals surface area contributed by atoms with E-state index in [0.29, 0.717) is 6.29 Å². The zero-order chi connectivity index (χ0) is 4.99. The van der Waals surface area contributed by atoms with Crippen LogP contribution in [-0.2, 0) is 4.79 Å². The number of nitrogens with two attached hydrogens (primary N) is 1. The van der Waals surface area contributed by atoms with Crippen molar-refractivity contribution in [3.05, 3.63) is 6.54 Å². The van der Waals surface area contributed by atoms with Crippen LogP contribution in [0.25, 0.3) is 0 Å². The molecule has 0 bridgehead atoms. The first-order chi connectivity index (χ1) is 2.81. The molecular formula is C3H6NO2. The first kappa shape index (κ1) is 5.59. The van der Waals surface area contributed by atoms with Gasteiger partial charge in [-0.25, -0.2) is 0 Å². The fourth-order valence-corrected chi connectivity index (χ4v) is 0.0454. The molecule has 0 aromatic rings. The summed E-state index contributed by atoms with van der Waals surface area (Å²) in [5.74, 6) is 0. The van der Waals surface area contributed by atoms with Crippen LogP contribution in [0.5, 0.6) is 0 Å². The molecule has 1 atom stereocenters. The molecule has 0 aliphatic carbocycles. The Bertz CT molecular complexity index is 46.1. The fraction of sp³-hybridized carbons (Fsp3) is 0.333. The van der Waals surface area contributed by atoms with Gasteiger partial charge in [0.05, 0.1) is 6.54 Å². The van der Waals surface area contributed by atoms with Gasteiger partial charge in [0, 0.05) is 0 Å². The first-order valence-electron chi connectivity index (χ1n) is 1.49. The van der Waals surface area contributed by atoms with Gasteiger partial charge >= 0.3 is 0 Å². The van der Waals surface area contributed by atoms with E-state index < -0.39 is 6.10 Å². The van der Waals surface area contributed by atoms with Crippen molar-refractivity contribution in [1.29, 1.82) is 0 Å². The summed E-state index contributed by atoms with van der Waals surface area (Å²) >= 11 is 0.